The third-order valence-electron chi connectivity index (χ3n) is 4.30. The van der Waals surface area contributed by atoms with E-state index in [1.165, 1.54) is 5.56 Å². The molecule has 0 amide bonds. The third kappa shape index (κ3) is 3.00. The fourth-order valence-electron chi connectivity index (χ4n) is 3.06. The number of nitrogens with one attached hydrogen (secondary N) is 1. The average Bonchev–Trinajstić information content (AvgIpc) is 3.05. The van der Waals surface area contributed by atoms with Gasteiger partial charge in [-0.05, 0) is 18.1 Å². The highest BCUT2D eigenvalue weighted by Gasteiger charge is 2.23. The Morgan fingerprint density at radius 1 is 1.09 bits per heavy atom. The summed E-state index contributed by atoms with van der Waals surface area (Å²) in [5.74, 6) is 2.05. The van der Waals surface area contributed by atoms with E-state index in [4.69, 9.17) is 0 Å². The van der Waals surface area contributed by atoms with Crippen molar-refractivity contribution in [3.05, 3.63) is 66.2 Å². The number of rotatable bonds is 4. The van der Waals surface area contributed by atoms with Crippen molar-refractivity contribution in [3.8, 4) is 11.4 Å². The highest BCUT2D eigenvalue weighted by molar-refractivity contribution is 5.55. The normalized spacial score (nSPS) is 17.0. The molecule has 23 heavy (non-hydrogen) atoms. The van der Waals surface area contributed by atoms with Gasteiger partial charge in [-0.15, -0.1) is 10.2 Å². The zero-order valence-electron chi connectivity index (χ0n) is 12.9. The molecule has 3 heterocycles. The number of fused-ring (bicyclic) bond motifs is 1. The summed E-state index contributed by atoms with van der Waals surface area (Å²) in [6.07, 6.45) is 5.77. The molecule has 116 valence electrons. The molecule has 4 rings (SSSR count). The van der Waals surface area contributed by atoms with Crippen molar-refractivity contribution < 1.29 is 0 Å². The molecule has 0 saturated heterocycles. The second kappa shape index (κ2) is 6.30. The summed E-state index contributed by atoms with van der Waals surface area (Å²) in [5, 5.41) is 12.4. The highest BCUT2D eigenvalue weighted by atomic mass is 15.3. The molecular weight excluding hydrogens is 286 g/mol. The van der Waals surface area contributed by atoms with Crippen LogP contribution in [-0.2, 0) is 19.5 Å². The first-order valence-corrected chi connectivity index (χ1v) is 8.00. The summed E-state index contributed by atoms with van der Waals surface area (Å²) in [5.41, 5.74) is 2.34. The Bertz CT molecular complexity index is 767. The molecular formula is C18H19N5. The zero-order chi connectivity index (χ0) is 15.5. The first-order valence-electron chi connectivity index (χ1n) is 8.00. The Balaban J connectivity index is 1.49. The van der Waals surface area contributed by atoms with Gasteiger partial charge in [0.25, 0.3) is 0 Å². The van der Waals surface area contributed by atoms with Gasteiger partial charge in [0.1, 0.15) is 5.82 Å². The average molecular weight is 305 g/mol. The van der Waals surface area contributed by atoms with Crippen molar-refractivity contribution in [2.75, 3.05) is 0 Å². The van der Waals surface area contributed by atoms with Gasteiger partial charge in [0, 0.05) is 43.5 Å². The molecule has 0 fully saturated rings. The van der Waals surface area contributed by atoms with Crippen molar-refractivity contribution in [2.24, 2.45) is 0 Å². The maximum atomic E-state index is 4.40. The quantitative estimate of drug-likeness (QED) is 0.804. The van der Waals surface area contributed by atoms with E-state index in [2.05, 4.69) is 43.3 Å². The molecule has 5 heteroatoms. The lowest BCUT2D eigenvalue weighted by molar-refractivity contribution is 0.380. The van der Waals surface area contributed by atoms with Crippen LogP contribution in [-0.4, -0.2) is 25.8 Å². The van der Waals surface area contributed by atoms with Crippen molar-refractivity contribution >= 4 is 0 Å². The number of aryl methyl sites for hydroxylation is 1. The SMILES string of the molecule is c1ccc(-c2nnc3n2CC(NCc2cccnc2)CC3)cc1. The minimum absolute atomic E-state index is 0.432. The third-order valence-corrected chi connectivity index (χ3v) is 4.30. The van der Waals surface area contributed by atoms with E-state index in [1.54, 1.807) is 6.20 Å². The molecule has 1 aliphatic heterocycles. The second-order valence-corrected chi connectivity index (χ2v) is 5.89. The molecule has 1 unspecified atom stereocenters. The first kappa shape index (κ1) is 14.1. The van der Waals surface area contributed by atoms with Crippen molar-refractivity contribution in [3.63, 3.8) is 0 Å². The molecule has 0 spiro atoms. The van der Waals surface area contributed by atoms with Gasteiger partial charge in [-0.2, -0.15) is 0 Å². The van der Waals surface area contributed by atoms with Gasteiger partial charge < -0.3 is 9.88 Å². The van der Waals surface area contributed by atoms with E-state index >= 15 is 0 Å². The molecule has 0 saturated carbocycles. The molecule has 3 aromatic rings. The summed E-state index contributed by atoms with van der Waals surface area (Å²) in [7, 11) is 0. The van der Waals surface area contributed by atoms with E-state index in [9.17, 15) is 0 Å². The van der Waals surface area contributed by atoms with Crippen LogP contribution in [0.25, 0.3) is 11.4 Å². The van der Waals surface area contributed by atoms with Gasteiger partial charge in [0.15, 0.2) is 5.82 Å². The van der Waals surface area contributed by atoms with E-state index < -0.39 is 0 Å². The van der Waals surface area contributed by atoms with Crippen LogP contribution in [0.2, 0.25) is 0 Å². The lowest BCUT2D eigenvalue weighted by Gasteiger charge is -2.25. The monoisotopic (exact) mass is 305 g/mol. The maximum Gasteiger partial charge on any atom is 0.164 e. The van der Waals surface area contributed by atoms with Crippen molar-refractivity contribution in [2.45, 2.75) is 32.0 Å². The number of hydrogen-bond donors (Lipinski definition) is 1. The molecule has 1 atom stereocenters. The summed E-state index contributed by atoms with van der Waals surface area (Å²) in [6, 6.07) is 14.8. The molecule has 5 nitrogen and oxygen atoms in total. The van der Waals surface area contributed by atoms with Gasteiger partial charge in [0.2, 0.25) is 0 Å². The number of nitrogens with zero attached hydrogens (tertiary/aromatic N) is 4. The molecule has 1 N–H and O–H groups in total. The van der Waals surface area contributed by atoms with Crippen LogP contribution in [0.3, 0.4) is 0 Å². The van der Waals surface area contributed by atoms with Gasteiger partial charge in [0.05, 0.1) is 0 Å². The van der Waals surface area contributed by atoms with Gasteiger partial charge in [-0.1, -0.05) is 36.4 Å². The van der Waals surface area contributed by atoms with E-state index in [1.807, 2.05) is 30.5 Å². The molecule has 0 radical (unpaired) electrons. The van der Waals surface area contributed by atoms with E-state index in [0.29, 0.717) is 6.04 Å². The standard InChI is InChI=1S/C18H19N5/c1-2-6-15(7-3-1)18-22-21-17-9-8-16(13-23(17)18)20-12-14-5-4-10-19-11-14/h1-7,10-11,16,20H,8-9,12-13H2. The minimum atomic E-state index is 0.432. The maximum absolute atomic E-state index is 4.40. The smallest absolute Gasteiger partial charge is 0.164 e. The van der Waals surface area contributed by atoms with Crippen LogP contribution < -0.4 is 5.32 Å². The number of aromatic nitrogens is 4. The van der Waals surface area contributed by atoms with Gasteiger partial charge >= 0.3 is 0 Å². The number of pyridine rings is 1. The Hall–Kier alpha value is -2.53. The Morgan fingerprint density at radius 2 is 2.00 bits per heavy atom. The largest absolute Gasteiger partial charge is 0.309 e. The molecule has 1 aromatic carbocycles. The Morgan fingerprint density at radius 3 is 2.83 bits per heavy atom. The van der Waals surface area contributed by atoms with E-state index in [-0.39, 0.29) is 0 Å². The molecule has 2 aromatic heterocycles. The van der Waals surface area contributed by atoms with Crippen LogP contribution in [0.15, 0.2) is 54.9 Å². The van der Waals surface area contributed by atoms with Crippen LogP contribution >= 0.6 is 0 Å². The first-order chi connectivity index (χ1) is 11.4. The van der Waals surface area contributed by atoms with Crippen molar-refractivity contribution in [1.82, 2.24) is 25.1 Å². The van der Waals surface area contributed by atoms with Gasteiger partial charge in [-0.25, -0.2) is 0 Å². The summed E-state index contributed by atoms with van der Waals surface area (Å²) < 4.78 is 2.25. The topological polar surface area (TPSA) is 55.6 Å². The Kier molecular flexibility index (Phi) is 3.86. The molecule has 0 aliphatic carbocycles. The lowest BCUT2D eigenvalue weighted by Crippen LogP contribution is -2.37. The predicted molar refractivity (Wildman–Crippen MR) is 88.6 cm³/mol. The van der Waals surface area contributed by atoms with E-state index in [0.717, 1.165) is 43.1 Å². The molecule has 0 bridgehead atoms. The summed E-state index contributed by atoms with van der Waals surface area (Å²) in [6.45, 7) is 1.75. The zero-order valence-corrected chi connectivity index (χ0v) is 12.9. The predicted octanol–water partition coefficient (Wildman–Crippen LogP) is 2.44. The fourth-order valence-corrected chi connectivity index (χ4v) is 3.06. The highest BCUT2D eigenvalue weighted by Crippen LogP contribution is 2.23. The summed E-state index contributed by atoms with van der Waals surface area (Å²) in [4.78, 5) is 4.16. The second-order valence-electron chi connectivity index (χ2n) is 5.89. The van der Waals surface area contributed by atoms with Gasteiger partial charge in [-0.3, -0.25) is 4.98 Å². The van der Waals surface area contributed by atoms with Crippen LogP contribution in [0.1, 0.15) is 17.8 Å². The van der Waals surface area contributed by atoms with Crippen LogP contribution in [0.5, 0.6) is 0 Å². The Labute approximate surface area is 135 Å². The van der Waals surface area contributed by atoms with Crippen LogP contribution in [0, 0.1) is 0 Å². The minimum Gasteiger partial charge on any atom is -0.309 e. The number of hydrogen-bond acceptors (Lipinski definition) is 4. The summed E-state index contributed by atoms with van der Waals surface area (Å²) >= 11 is 0. The number of benzene rings is 1. The van der Waals surface area contributed by atoms with Crippen molar-refractivity contribution in [1.29, 1.82) is 0 Å². The lowest BCUT2D eigenvalue weighted by atomic mass is 10.1. The molecule has 1 aliphatic rings. The van der Waals surface area contributed by atoms with Crippen LogP contribution in [0.4, 0.5) is 0 Å². The fraction of sp³-hybridized carbons (Fsp3) is 0.278.